The second kappa shape index (κ2) is 6.54. The van der Waals surface area contributed by atoms with Crippen LogP contribution in [0.25, 0.3) is 0 Å². The van der Waals surface area contributed by atoms with Crippen LogP contribution in [0.15, 0.2) is 6.20 Å². The maximum atomic E-state index is 13.2. The van der Waals surface area contributed by atoms with E-state index in [9.17, 15) is 9.90 Å². The van der Waals surface area contributed by atoms with Gasteiger partial charge in [-0.05, 0) is 76.0 Å². The molecule has 4 fully saturated rings. The van der Waals surface area contributed by atoms with E-state index in [1.165, 1.54) is 12.8 Å². The Hall–Kier alpha value is -1.49. The minimum atomic E-state index is -0.477. The normalized spacial score (nSPS) is 38.1. The van der Waals surface area contributed by atoms with E-state index in [0.717, 1.165) is 62.9 Å². The van der Waals surface area contributed by atoms with E-state index in [0.29, 0.717) is 29.2 Å². The highest BCUT2D eigenvalue weighted by Gasteiger charge is 2.51. The molecule has 5 nitrogen and oxygen atoms in total. The van der Waals surface area contributed by atoms with Crippen molar-refractivity contribution in [2.75, 3.05) is 0 Å². The third-order valence-corrected chi connectivity index (χ3v) is 7.90. The minimum Gasteiger partial charge on any atom is -0.390 e. The van der Waals surface area contributed by atoms with Gasteiger partial charge in [0.05, 0.1) is 16.9 Å². The highest BCUT2D eigenvalue weighted by Crippen LogP contribution is 2.54. The van der Waals surface area contributed by atoms with E-state index in [-0.39, 0.29) is 11.9 Å². The Morgan fingerprint density at radius 3 is 2.74 bits per heavy atom. The molecule has 2 N–H and O–H groups in total. The first-order valence-electron chi connectivity index (χ1n) is 10.9. The Labute approximate surface area is 161 Å². The number of amides is 1. The van der Waals surface area contributed by atoms with Crippen LogP contribution in [-0.2, 0) is 0 Å². The predicted molar refractivity (Wildman–Crippen MR) is 102 cm³/mol. The largest absolute Gasteiger partial charge is 0.390 e. The number of carbonyl (C=O) groups is 1. The smallest absolute Gasteiger partial charge is 0.254 e. The molecule has 0 spiro atoms. The molecule has 0 radical (unpaired) electrons. The summed E-state index contributed by atoms with van der Waals surface area (Å²) in [6.07, 6.45) is 12.6. The third kappa shape index (κ3) is 3.18. The summed E-state index contributed by atoms with van der Waals surface area (Å²) < 4.78 is 0. The maximum absolute atomic E-state index is 13.2. The summed E-state index contributed by atoms with van der Waals surface area (Å²) in [4.78, 5) is 22.2. The van der Waals surface area contributed by atoms with Crippen LogP contribution < -0.4 is 5.32 Å². The first-order chi connectivity index (χ1) is 13.0. The fourth-order valence-corrected chi connectivity index (χ4v) is 6.60. The summed E-state index contributed by atoms with van der Waals surface area (Å²) in [6.45, 7) is 1.90. The second-order valence-corrected chi connectivity index (χ2v) is 9.70. The van der Waals surface area contributed by atoms with Crippen LogP contribution >= 0.6 is 0 Å². The molecule has 4 aliphatic carbocycles. The molecule has 0 saturated heterocycles. The number of aromatic nitrogens is 2. The van der Waals surface area contributed by atoms with E-state index >= 15 is 0 Å². The van der Waals surface area contributed by atoms with E-state index in [4.69, 9.17) is 0 Å². The van der Waals surface area contributed by atoms with Gasteiger partial charge in [-0.2, -0.15) is 0 Å². The van der Waals surface area contributed by atoms with Crippen molar-refractivity contribution >= 4 is 5.91 Å². The van der Waals surface area contributed by atoms with E-state index in [1.54, 1.807) is 6.20 Å². The fraction of sp³-hybridized carbons (Fsp3) is 0.773. The Kier molecular flexibility index (Phi) is 4.26. The average molecular weight is 370 g/mol. The van der Waals surface area contributed by atoms with Crippen LogP contribution in [0.3, 0.4) is 0 Å². The molecule has 146 valence electrons. The number of fused-ring (bicyclic) bond motifs is 2. The number of nitrogens with zero attached hydrogens (tertiary/aromatic N) is 2. The maximum Gasteiger partial charge on any atom is 0.254 e. The number of rotatable bonds is 3. The number of aryl methyl sites for hydroxylation is 1. The van der Waals surface area contributed by atoms with Crippen molar-refractivity contribution < 1.29 is 9.90 Å². The summed E-state index contributed by atoms with van der Waals surface area (Å²) >= 11 is 0. The van der Waals surface area contributed by atoms with Crippen molar-refractivity contribution in [3.8, 4) is 0 Å². The van der Waals surface area contributed by atoms with Crippen LogP contribution in [0.5, 0.6) is 0 Å². The summed E-state index contributed by atoms with van der Waals surface area (Å²) in [5.41, 5.74) is 1.15. The molecule has 1 aromatic rings. The molecule has 3 bridgehead atoms. The van der Waals surface area contributed by atoms with Gasteiger partial charge >= 0.3 is 0 Å². The third-order valence-electron chi connectivity index (χ3n) is 7.90. The van der Waals surface area contributed by atoms with Crippen LogP contribution in [0.4, 0.5) is 0 Å². The monoisotopic (exact) mass is 369 g/mol. The van der Waals surface area contributed by atoms with Crippen LogP contribution in [0, 0.1) is 24.7 Å². The molecule has 1 aromatic heterocycles. The first-order valence-corrected chi connectivity index (χ1v) is 10.9. The molecule has 1 heterocycles. The quantitative estimate of drug-likeness (QED) is 0.855. The molecule has 4 saturated carbocycles. The van der Waals surface area contributed by atoms with Crippen molar-refractivity contribution in [3.63, 3.8) is 0 Å². The van der Waals surface area contributed by atoms with E-state index < -0.39 is 5.60 Å². The molecule has 0 aromatic carbocycles. The predicted octanol–water partition coefficient (Wildman–Crippen LogP) is 3.50. The van der Waals surface area contributed by atoms with Gasteiger partial charge in [-0.3, -0.25) is 4.79 Å². The molecule has 27 heavy (non-hydrogen) atoms. The molecule has 5 heteroatoms. The van der Waals surface area contributed by atoms with Gasteiger partial charge in [-0.25, -0.2) is 9.97 Å². The number of hydrogen-bond acceptors (Lipinski definition) is 4. The molecule has 3 unspecified atom stereocenters. The standard InChI is InChI=1S/C22H31N3O2/c1-13-23-12-18(20(24-13)14-4-2-3-5-14)21(26)25-19-9-15-6-7-22(27)10-16(15)8-17(19)11-22/h12,14-17,19,27H,2-11H2,1H3,(H,25,26)/t15?,16?,17?,19-,22-/m0/s1. The summed E-state index contributed by atoms with van der Waals surface area (Å²) in [5, 5.41) is 14.2. The Bertz CT molecular complexity index is 745. The fourth-order valence-electron chi connectivity index (χ4n) is 6.60. The van der Waals surface area contributed by atoms with Crippen LogP contribution in [0.1, 0.15) is 92.0 Å². The highest BCUT2D eigenvalue weighted by molar-refractivity contribution is 5.95. The van der Waals surface area contributed by atoms with Crippen molar-refractivity contribution in [1.29, 1.82) is 0 Å². The van der Waals surface area contributed by atoms with E-state index in [2.05, 4.69) is 15.3 Å². The second-order valence-electron chi connectivity index (χ2n) is 9.70. The van der Waals surface area contributed by atoms with Gasteiger partial charge in [0.25, 0.3) is 5.91 Å². The summed E-state index contributed by atoms with van der Waals surface area (Å²) in [5.74, 6) is 2.88. The summed E-state index contributed by atoms with van der Waals surface area (Å²) in [7, 11) is 0. The van der Waals surface area contributed by atoms with Crippen molar-refractivity contribution in [2.45, 2.75) is 88.7 Å². The van der Waals surface area contributed by atoms with Gasteiger partial charge in [0.15, 0.2) is 0 Å². The van der Waals surface area contributed by atoms with Crippen molar-refractivity contribution in [1.82, 2.24) is 15.3 Å². The van der Waals surface area contributed by atoms with Crippen molar-refractivity contribution in [3.05, 3.63) is 23.3 Å². The molecule has 5 atom stereocenters. The zero-order valence-corrected chi connectivity index (χ0v) is 16.3. The van der Waals surface area contributed by atoms with Gasteiger partial charge in [0, 0.05) is 18.2 Å². The van der Waals surface area contributed by atoms with Gasteiger partial charge in [0.1, 0.15) is 5.82 Å². The zero-order valence-electron chi connectivity index (χ0n) is 16.3. The van der Waals surface area contributed by atoms with Gasteiger partial charge < -0.3 is 10.4 Å². The summed E-state index contributed by atoms with van der Waals surface area (Å²) in [6, 6.07) is 0.184. The lowest BCUT2D eigenvalue weighted by Gasteiger charge is -2.55. The molecule has 4 aliphatic rings. The number of nitrogens with one attached hydrogen (secondary N) is 1. The Morgan fingerprint density at radius 2 is 1.93 bits per heavy atom. The van der Waals surface area contributed by atoms with Gasteiger partial charge in [-0.1, -0.05) is 12.8 Å². The van der Waals surface area contributed by atoms with Crippen molar-refractivity contribution in [2.24, 2.45) is 17.8 Å². The molecular weight excluding hydrogens is 338 g/mol. The lowest BCUT2D eigenvalue weighted by Crippen LogP contribution is -2.56. The lowest BCUT2D eigenvalue weighted by atomic mass is 9.54. The minimum absolute atomic E-state index is 0.00575. The van der Waals surface area contributed by atoms with Crippen LogP contribution in [0.2, 0.25) is 0 Å². The topological polar surface area (TPSA) is 75.1 Å². The van der Waals surface area contributed by atoms with Gasteiger partial charge in [0.2, 0.25) is 0 Å². The van der Waals surface area contributed by atoms with E-state index in [1.807, 2.05) is 6.92 Å². The Balaban J connectivity index is 1.37. The molecule has 5 rings (SSSR count). The molecular formula is C22H31N3O2. The number of aliphatic hydroxyl groups is 1. The lowest BCUT2D eigenvalue weighted by molar-refractivity contribution is -0.115. The first kappa shape index (κ1) is 17.6. The molecule has 0 aliphatic heterocycles. The zero-order chi connectivity index (χ0) is 18.6. The molecule has 1 amide bonds. The average Bonchev–Trinajstić information content (AvgIpc) is 3.16. The SMILES string of the molecule is Cc1ncc(C(=O)N[C@H]2CC3CC[C@]4(O)CC3CC2C4)c(C2CCCC2)n1. The van der Waals surface area contributed by atoms with Gasteiger partial charge in [-0.15, -0.1) is 0 Å². The highest BCUT2D eigenvalue weighted by atomic mass is 16.3. The number of carbonyl (C=O) groups excluding carboxylic acids is 1. The number of hydrogen-bond donors (Lipinski definition) is 2. The van der Waals surface area contributed by atoms with Crippen LogP contribution in [-0.4, -0.2) is 32.6 Å². The Morgan fingerprint density at radius 1 is 1.15 bits per heavy atom.